The van der Waals surface area contributed by atoms with E-state index in [1.807, 2.05) is 79.7 Å². The van der Waals surface area contributed by atoms with Gasteiger partial charge in [-0.2, -0.15) is 11.8 Å². The molecule has 0 aliphatic carbocycles. The Bertz CT molecular complexity index is 1440. The fourth-order valence-electron chi connectivity index (χ4n) is 6.43. The zero-order chi connectivity index (χ0) is 27.3. The summed E-state index contributed by atoms with van der Waals surface area (Å²) in [5.41, 5.74) is 2.75. The summed E-state index contributed by atoms with van der Waals surface area (Å²) in [6.07, 6.45) is 0.689. The highest BCUT2D eigenvalue weighted by Crippen LogP contribution is 2.55. The maximum atomic E-state index is 14.6. The minimum absolute atomic E-state index is 0.189. The molecule has 0 bridgehead atoms. The van der Waals surface area contributed by atoms with Crippen LogP contribution < -0.4 is 15.1 Å². The van der Waals surface area contributed by atoms with Gasteiger partial charge in [0.05, 0.1) is 24.1 Å². The van der Waals surface area contributed by atoms with Gasteiger partial charge in [-0.25, -0.2) is 4.90 Å². The topological polar surface area (TPSA) is 69.7 Å². The monoisotopic (exact) mass is 559 g/mol. The Kier molecular flexibility index (Phi) is 6.78. The standard InChI is InChI=1S/C31H30ClN3O3S/c1-3-39-17-16-24-26-27(29(37)35(28(26)36)22-14-8-19(2)9-15-22)31(33-24)23-6-4-5-7-25(23)34(30(31)38)18-20-10-12-21(32)13-11-20/h4-15,24,26-27,33H,3,16-18H2,1-2H3/t24-,26+,27-,31+/m0/s1. The number of aryl methyl sites for hydroxylation is 1. The van der Waals surface area contributed by atoms with Crippen molar-refractivity contribution in [3.8, 4) is 0 Å². The molecule has 6 nitrogen and oxygen atoms in total. The Morgan fingerprint density at radius 1 is 0.949 bits per heavy atom. The molecular formula is C31H30ClN3O3S. The predicted molar refractivity (Wildman–Crippen MR) is 156 cm³/mol. The van der Waals surface area contributed by atoms with Gasteiger partial charge in [-0.3, -0.25) is 19.7 Å². The molecule has 3 aromatic carbocycles. The van der Waals surface area contributed by atoms with Crippen LogP contribution in [0.4, 0.5) is 11.4 Å². The lowest BCUT2D eigenvalue weighted by atomic mass is 9.76. The number of carbonyl (C=O) groups is 3. The van der Waals surface area contributed by atoms with E-state index in [1.165, 1.54) is 4.90 Å². The number of rotatable bonds is 7. The van der Waals surface area contributed by atoms with E-state index in [9.17, 15) is 14.4 Å². The van der Waals surface area contributed by atoms with E-state index in [2.05, 4.69) is 12.2 Å². The van der Waals surface area contributed by atoms with E-state index < -0.39 is 17.4 Å². The molecule has 3 aliphatic rings. The highest BCUT2D eigenvalue weighted by molar-refractivity contribution is 7.99. The molecule has 6 rings (SSSR count). The van der Waals surface area contributed by atoms with Crippen LogP contribution >= 0.6 is 23.4 Å². The van der Waals surface area contributed by atoms with Crippen molar-refractivity contribution in [3.05, 3.63) is 94.5 Å². The van der Waals surface area contributed by atoms with Crippen molar-refractivity contribution in [2.24, 2.45) is 11.8 Å². The van der Waals surface area contributed by atoms with E-state index in [4.69, 9.17) is 11.6 Å². The van der Waals surface area contributed by atoms with Gasteiger partial charge in [0.1, 0.15) is 5.54 Å². The lowest BCUT2D eigenvalue weighted by Crippen LogP contribution is -2.55. The smallest absolute Gasteiger partial charge is 0.253 e. The maximum Gasteiger partial charge on any atom is 0.253 e. The second-order valence-corrected chi connectivity index (χ2v) is 12.3. The summed E-state index contributed by atoms with van der Waals surface area (Å²) < 4.78 is 0. The Morgan fingerprint density at radius 3 is 2.38 bits per heavy atom. The fourth-order valence-corrected chi connectivity index (χ4v) is 7.26. The number of nitrogens with one attached hydrogen (secondary N) is 1. The van der Waals surface area contributed by atoms with Crippen LogP contribution in [0.3, 0.4) is 0 Å². The summed E-state index contributed by atoms with van der Waals surface area (Å²) in [5, 5.41) is 4.23. The predicted octanol–water partition coefficient (Wildman–Crippen LogP) is 5.31. The van der Waals surface area contributed by atoms with Crippen LogP contribution in [0, 0.1) is 18.8 Å². The summed E-state index contributed by atoms with van der Waals surface area (Å²) in [7, 11) is 0. The molecule has 4 atom stereocenters. The van der Waals surface area contributed by atoms with Crippen LogP contribution in [0.2, 0.25) is 5.02 Å². The third kappa shape index (κ3) is 4.10. The zero-order valence-electron chi connectivity index (χ0n) is 21.9. The van der Waals surface area contributed by atoms with Crippen LogP contribution in [0.15, 0.2) is 72.8 Å². The third-order valence-electron chi connectivity index (χ3n) is 8.19. The van der Waals surface area contributed by atoms with Gasteiger partial charge in [0.15, 0.2) is 0 Å². The van der Waals surface area contributed by atoms with E-state index in [-0.39, 0.29) is 23.8 Å². The molecule has 3 amide bonds. The molecule has 3 heterocycles. The largest absolute Gasteiger partial charge is 0.306 e. The SMILES string of the molecule is CCSCC[C@@H]1N[C@@]2(C(=O)N(Cc3ccc(Cl)cc3)c3ccccc32)[C@@H]2C(=O)N(c3ccc(C)cc3)C(=O)[C@H]12. The number of fused-ring (bicyclic) bond motifs is 4. The van der Waals surface area contributed by atoms with Crippen molar-refractivity contribution in [2.75, 3.05) is 21.3 Å². The number of benzene rings is 3. The van der Waals surface area contributed by atoms with Gasteiger partial charge in [0.25, 0.3) is 5.91 Å². The molecule has 0 radical (unpaired) electrons. The Labute approximate surface area is 237 Å². The van der Waals surface area contributed by atoms with Crippen LogP contribution in [-0.4, -0.2) is 35.3 Å². The molecule has 3 aliphatic heterocycles. The van der Waals surface area contributed by atoms with Gasteiger partial charge >= 0.3 is 0 Å². The molecule has 1 spiro atoms. The molecule has 39 heavy (non-hydrogen) atoms. The average molecular weight is 560 g/mol. The van der Waals surface area contributed by atoms with Gasteiger partial charge in [-0.05, 0) is 60.7 Å². The molecule has 8 heteroatoms. The van der Waals surface area contributed by atoms with Gasteiger partial charge in [0, 0.05) is 22.3 Å². The number of amides is 3. The number of halogens is 1. The highest BCUT2D eigenvalue weighted by Gasteiger charge is 2.71. The summed E-state index contributed by atoms with van der Waals surface area (Å²) in [6.45, 7) is 4.41. The van der Waals surface area contributed by atoms with E-state index in [0.29, 0.717) is 23.7 Å². The first-order valence-corrected chi connectivity index (χ1v) is 14.9. The molecular weight excluding hydrogens is 530 g/mol. The highest BCUT2D eigenvalue weighted by atomic mass is 35.5. The summed E-state index contributed by atoms with van der Waals surface area (Å²) in [4.78, 5) is 45.9. The van der Waals surface area contributed by atoms with Crippen molar-refractivity contribution < 1.29 is 14.4 Å². The van der Waals surface area contributed by atoms with Gasteiger partial charge in [-0.1, -0.05) is 66.6 Å². The van der Waals surface area contributed by atoms with Crippen LogP contribution in [0.5, 0.6) is 0 Å². The van der Waals surface area contributed by atoms with E-state index >= 15 is 0 Å². The number of para-hydroxylation sites is 1. The molecule has 0 unspecified atom stereocenters. The molecule has 200 valence electrons. The lowest BCUT2D eigenvalue weighted by molar-refractivity contribution is -0.132. The molecule has 0 aromatic heterocycles. The number of imide groups is 1. The quantitative estimate of drug-likeness (QED) is 0.314. The van der Waals surface area contributed by atoms with Crippen molar-refractivity contribution in [3.63, 3.8) is 0 Å². The Morgan fingerprint density at radius 2 is 1.67 bits per heavy atom. The molecule has 1 N–H and O–H groups in total. The summed E-state index contributed by atoms with van der Waals surface area (Å²) >= 11 is 7.90. The van der Waals surface area contributed by atoms with Crippen molar-refractivity contribution in [1.29, 1.82) is 0 Å². The number of carbonyl (C=O) groups excluding carboxylic acids is 3. The summed E-state index contributed by atoms with van der Waals surface area (Å²) in [6, 6.07) is 22.2. The normalized spacial score (nSPS) is 25.6. The Balaban J connectivity index is 1.45. The number of hydrogen-bond donors (Lipinski definition) is 1. The maximum absolute atomic E-state index is 14.6. The first-order valence-electron chi connectivity index (χ1n) is 13.3. The average Bonchev–Trinajstić information content (AvgIpc) is 3.50. The van der Waals surface area contributed by atoms with E-state index in [1.54, 1.807) is 16.7 Å². The molecule has 3 aromatic rings. The van der Waals surface area contributed by atoms with Gasteiger partial charge in [0.2, 0.25) is 11.8 Å². The summed E-state index contributed by atoms with van der Waals surface area (Å²) in [5.74, 6) is -0.384. The molecule has 2 fully saturated rings. The lowest BCUT2D eigenvalue weighted by Gasteiger charge is -2.30. The van der Waals surface area contributed by atoms with Gasteiger partial charge in [-0.15, -0.1) is 0 Å². The fraction of sp³-hybridized carbons (Fsp3) is 0.323. The first-order chi connectivity index (χ1) is 18.9. The second kappa shape index (κ2) is 10.1. The van der Waals surface area contributed by atoms with Gasteiger partial charge < -0.3 is 4.90 Å². The second-order valence-electron chi connectivity index (χ2n) is 10.4. The molecule has 2 saturated heterocycles. The zero-order valence-corrected chi connectivity index (χ0v) is 23.5. The number of thioether (sulfide) groups is 1. The van der Waals surface area contributed by atoms with Crippen LogP contribution in [-0.2, 0) is 26.5 Å². The third-order valence-corrected chi connectivity index (χ3v) is 9.37. The molecule has 0 saturated carbocycles. The number of hydrogen-bond acceptors (Lipinski definition) is 5. The van der Waals surface area contributed by atoms with Crippen molar-refractivity contribution >= 4 is 52.5 Å². The first kappa shape index (κ1) is 26.1. The number of nitrogens with zero attached hydrogens (tertiary/aromatic N) is 2. The van der Waals surface area contributed by atoms with Crippen LogP contribution in [0.1, 0.15) is 30.0 Å². The van der Waals surface area contributed by atoms with Crippen molar-refractivity contribution in [2.45, 2.75) is 38.4 Å². The van der Waals surface area contributed by atoms with E-state index in [0.717, 1.165) is 33.9 Å². The minimum Gasteiger partial charge on any atom is -0.306 e. The minimum atomic E-state index is -1.30. The van der Waals surface area contributed by atoms with Crippen molar-refractivity contribution in [1.82, 2.24) is 5.32 Å². The van der Waals surface area contributed by atoms with Crippen LogP contribution in [0.25, 0.3) is 0 Å². The Hall–Kier alpha value is -3.13. The number of anilines is 2.